The van der Waals surface area contributed by atoms with Gasteiger partial charge in [0.05, 0.1) is 24.0 Å². The van der Waals surface area contributed by atoms with Crippen LogP contribution in [0, 0.1) is 5.82 Å². The van der Waals surface area contributed by atoms with Crippen LogP contribution < -0.4 is 15.6 Å². The summed E-state index contributed by atoms with van der Waals surface area (Å²) in [4.78, 5) is 25.7. The highest BCUT2D eigenvalue weighted by Gasteiger charge is 2.31. The van der Waals surface area contributed by atoms with Gasteiger partial charge in [-0.2, -0.15) is 9.78 Å². The predicted molar refractivity (Wildman–Crippen MR) is 111 cm³/mol. The molecule has 0 aliphatic heterocycles. The Morgan fingerprint density at radius 2 is 1.88 bits per heavy atom. The molecule has 0 saturated carbocycles. The van der Waals surface area contributed by atoms with Gasteiger partial charge in [0.15, 0.2) is 0 Å². The van der Waals surface area contributed by atoms with Crippen molar-refractivity contribution in [3.05, 3.63) is 76.3 Å². The summed E-state index contributed by atoms with van der Waals surface area (Å²) in [6, 6.07) is 10.2. The van der Waals surface area contributed by atoms with Gasteiger partial charge in [-0.1, -0.05) is 13.0 Å². The number of benzene rings is 2. The van der Waals surface area contributed by atoms with Crippen molar-refractivity contribution in [3.8, 4) is 22.7 Å². The summed E-state index contributed by atoms with van der Waals surface area (Å²) < 4.78 is 55.7. The van der Waals surface area contributed by atoms with E-state index in [1.165, 1.54) is 36.4 Å². The monoisotopic (exact) mass is 465 g/mol. The molecule has 1 amide bonds. The Hall–Kier alpha value is -3.73. The first-order valence-electron chi connectivity index (χ1n) is 9.79. The van der Waals surface area contributed by atoms with E-state index in [0.717, 1.165) is 22.9 Å². The van der Waals surface area contributed by atoms with Gasteiger partial charge < -0.3 is 15.2 Å². The third kappa shape index (κ3) is 5.95. The fraction of sp³-hybridized carbons (Fsp3) is 0.227. The highest BCUT2D eigenvalue weighted by molar-refractivity contribution is 5.95. The zero-order chi connectivity index (χ0) is 24.2. The highest BCUT2D eigenvalue weighted by atomic mass is 19.4. The number of hydrogen-bond acceptors (Lipinski definition) is 5. The molecule has 33 heavy (non-hydrogen) atoms. The molecule has 0 saturated heterocycles. The van der Waals surface area contributed by atoms with E-state index in [1.807, 2.05) is 0 Å². The fourth-order valence-corrected chi connectivity index (χ4v) is 2.95. The lowest BCUT2D eigenvalue weighted by Gasteiger charge is -2.15. The van der Waals surface area contributed by atoms with Crippen LogP contribution in [0.25, 0.3) is 16.9 Å². The molecular formula is C22H19F4N3O4. The van der Waals surface area contributed by atoms with E-state index in [2.05, 4.69) is 15.2 Å². The number of carbonyl (C=O) groups is 1. The van der Waals surface area contributed by atoms with E-state index in [9.17, 15) is 32.3 Å². The average molecular weight is 465 g/mol. The lowest BCUT2D eigenvalue weighted by molar-refractivity contribution is -0.274. The second-order valence-corrected chi connectivity index (χ2v) is 6.97. The molecule has 2 aromatic carbocycles. The number of alkyl halides is 3. The molecule has 1 aromatic heterocycles. The topological polar surface area (TPSA) is 93.4 Å². The normalized spacial score (nSPS) is 12.3. The minimum Gasteiger partial charge on any atom is -0.406 e. The van der Waals surface area contributed by atoms with Crippen LogP contribution in [0.2, 0.25) is 0 Å². The standard InChI is InChI=1S/C22H19F4N3O4/c1-2-15(12-30)27-20(31)18-11-19(13-6-8-17(9-7-13)33-22(24,25)26)28-29(21(18)32)16-5-3-4-14(23)10-16/h3-11,15,30H,2,12H2,1H3,(H,27,31). The number of halogens is 4. The molecule has 0 aliphatic carbocycles. The smallest absolute Gasteiger partial charge is 0.406 e. The minimum atomic E-state index is -4.86. The molecule has 0 radical (unpaired) electrons. The Labute approximate surface area is 185 Å². The molecule has 1 unspecified atom stereocenters. The van der Waals surface area contributed by atoms with Crippen molar-refractivity contribution in [1.29, 1.82) is 0 Å². The van der Waals surface area contributed by atoms with Crippen LogP contribution in [0.5, 0.6) is 5.75 Å². The molecule has 2 N–H and O–H groups in total. The number of ether oxygens (including phenoxy) is 1. The van der Waals surface area contributed by atoms with Gasteiger partial charge in [0.25, 0.3) is 11.5 Å². The van der Waals surface area contributed by atoms with Crippen LogP contribution in [-0.2, 0) is 0 Å². The molecule has 11 heteroatoms. The first-order chi connectivity index (χ1) is 15.6. The van der Waals surface area contributed by atoms with Crippen molar-refractivity contribution < 1.29 is 32.2 Å². The minimum absolute atomic E-state index is 0.0436. The van der Waals surface area contributed by atoms with E-state index in [-0.39, 0.29) is 29.1 Å². The van der Waals surface area contributed by atoms with Gasteiger partial charge >= 0.3 is 6.36 Å². The maximum atomic E-state index is 13.8. The third-order valence-electron chi connectivity index (χ3n) is 4.64. The number of nitrogens with zero attached hydrogens (tertiary/aromatic N) is 2. The summed E-state index contributed by atoms with van der Waals surface area (Å²) in [6.45, 7) is 1.38. The summed E-state index contributed by atoms with van der Waals surface area (Å²) in [6.07, 6.45) is -4.46. The van der Waals surface area contributed by atoms with Crippen LogP contribution in [0.4, 0.5) is 17.6 Å². The van der Waals surface area contributed by atoms with Crippen molar-refractivity contribution in [3.63, 3.8) is 0 Å². The number of rotatable bonds is 7. The Bertz CT molecular complexity index is 1190. The summed E-state index contributed by atoms with van der Waals surface area (Å²) >= 11 is 0. The molecule has 7 nitrogen and oxygen atoms in total. The largest absolute Gasteiger partial charge is 0.573 e. The summed E-state index contributed by atoms with van der Waals surface area (Å²) in [5.74, 6) is -1.89. The number of hydrogen-bond donors (Lipinski definition) is 2. The first kappa shape index (κ1) is 23.9. The molecule has 3 rings (SSSR count). The highest BCUT2D eigenvalue weighted by Crippen LogP contribution is 2.26. The van der Waals surface area contributed by atoms with Gasteiger partial charge in [0.1, 0.15) is 17.1 Å². The van der Waals surface area contributed by atoms with Crippen molar-refractivity contribution in [2.75, 3.05) is 6.61 Å². The van der Waals surface area contributed by atoms with Gasteiger partial charge in [-0.15, -0.1) is 13.2 Å². The van der Waals surface area contributed by atoms with Crippen LogP contribution >= 0.6 is 0 Å². The molecule has 0 fully saturated rings. The molecule has 0 bridgehead atoms. The molecular weight excluding hydrogens is 446 g/mol. The van der Waals surface area contributed by atoms with Crippen molar-refractivity contribution in [2.24, 2.45) is 0 Å². The van der Waals surface area contributed by atoms with Gasteiger partial charge in [0.2, 0.25) is 0 Å². The van der Waals surface area contributed by atoms with Crippen LogP contribution in [0.15, 0.2) is 59.4 Å². The summed E-state index contributed by atoms with van der Waals surface area (Å²) in [5.41, 5.74) is -0.793. The van der Waals surface area contributed by atoms with Gasteiger partial charge in [-0.3, -0.25) is 9.59 Å². The quantitative estimate of drug-likeness (QED) is 0.522. The number of aliphatic hydroxyl groups excluding tert-OH is 1. The summed E-state index contributed by atoms with van der Waals surface area (Å²) in [5, 5.41) is 16.0. The van der Waals surface area contributed by atoms with Crippen LogP contribution in [0.1, 0.15) is 23.7 Å². The van der Waals surface area contributed by atoms with Crippen molar-refractivity contribution in [1.82, 2.24) is 15.1 Å². The fourth-order valence-electron chi connectivity index (χ4n) is 2.95. The van der Waals surface area contributed by atoms with Gasteiger partial charge in [-0.05, 0) is 55.0 Å². The van der Waals surface area contributed by atoms with E-state index < -0.39 is 35.4 Å². The van der Waals surface area contributed by atoms with E-state index >= 15 is 0 Å². The maximum Gasteiger partial charge on any atom is 0.573 e. The second-order valence-electron chi connectivity index (χ2n) is 6.97. The molecule has 1 atom stereocenters. The number of carbonyl (C=O) groups excluding carboxylic acids is 1. The zero-order valence-electron chi connectivity index (χ0n) is 17.3. The Balaban J connectivity index is 2.11. The Morgan fingerprint density at radius 3 is 2.45 bits per heavy atom. The summed E-state index contributed by atoms with van der Waals surface area (Å²) in [7, 11) is 0. The Morgan fingerprint density at radius 1 is 1.18 bits per heavy atom. The van der Waals surface area contributed by atoms with E-state index in [4.69, 9.17) is 0 Å². The zero-order valence-corrected chi connectivity index (χ0v) is 17.3. The van der Waals surface area contributed by atoms with Crippen LogP contribution in [0.3, 0.4) is 0 Å². The Kier molecular flexibility index (Phi) is 7.12. The maximum absolute atomic E-state index is 13.8. The second kappa shape index (κ2) is 9.82. The number of aliphatic hydroxyl groups is 1. The van der Waals surface area contributed by atoms with Gasteiger partial charge in [-0.25, -0.2) is 4.39 Å². The third-order valence-corrected chi connectivity index (χ3v) is 4.64. The molecule has 3 aromatic rings. The number of aromatic nitrogens is 2. The van der Waals surface area contributed by atoms with Crippen molar-refractivity contribution in [2.45, 2.75) is 25.7 Å². The van der Waals surface area contributed by atoms with E-state index in [0.29, 0.717) is 6.42 Å². The molecule has 1 heterocycles. The first-order valence-corrected chi connectivity index (χ1v) is 9.79. The average Bonchev–Trinajstić information content (AvgIpc) is 2.77. The van der Waals surface area contributed by atoms with Gasteiger partial charge in [0, 0.05) is 5.56 Å². The number of nitrogens with one attached hydrogen (secondary N) is 1. The molecule has 0 spiro atoms. The molecule has 174 valence electrons. The van der Waals surface area contributed by atoms with E-state index in [1.54, 1.807) is 6.92 Å². The lowest BCUT2D eigenvalue weighted by atomic mass is 10.1. The van der Waals surface area contributed by atoms with Crippen LogP contribution in [-0.4, -0.2) is 39.8 Å². The van der Waals surface area contributed by atoms with Crippen molar-refractivity contribution >= 4 is 5.91 Å². The lowest BCUT2D eigenvalue weighted by Crippen LogP contribution is -2.40. The SMILES string of the molecule is CCC(CO)NC(=O)c1cc(-c2ccc(OC(F)(F)F)cc2)nn(-c2cccc(F)c2)c1=O. The molecule has 0 aliphatic rings. The predicted octanol–water partition coefficient (Wildman–Crippen LogP) is 3.44. The number of amides is 1.